The smallest absolute Gasteiger partial charge is 0.131 e. The standard InChI is InChI=1S/C19H9F2N/c20-15-3-1-2-11-4-5-12-6-8-14-13(10-22)7-9-16(21)19(14)18(12)17(11)15/h1-9H. The SMILES string of the molecule is N#Cc1ccc(F)c2c1ccc1ccc3cccc(F)c3c12. The quantitative estimate of drug-likeness (QED) is 0.403. The molecule has 4 aromatic carbocycles. The Morgan fingerprint density at radius 3 is 2.14 bits per heavy atom. The van der Waals surface area contributed by atoms with Crippen LogP contribution in [0.1, 0.15) is 5.56 Å². The second-order valence-corrected chi connectivity index (χ2v) is 5.20. The summed E-state index contributed by atoms with van der Waals surface area (Å²) < 4.78 is 28.8. The third-order valence-corrected chi connectivity index (χ3v) is 4.02. The number of halogens is 2. The van der Waals surface area contributed by atoms with Crippen molar-refractivity contribution in [2.45, 2.75) is 0 Å². The van der Waals surface area contributed by atoms with E-state index in [4.69, 9.17) is 0 Å². The van der Waals surface area contributed by atoms with Crippen molar-refractivity contribution in [2.75, 3.05) is 0 Å². The molecule has 0 unspecified atom stereocenters. The van der Waals surface area contributed by atoms with Crippen LogP contribution in [0.25, 0.3) is 32.3 Å². The molecule has 0 aliphatic rings. The summed E-state index contributed by atoms with van der Waals surface area (Å²) >= 11 is 0. The molecule has 0 N–H and O–H groups in total. The van der Waals surface area contributed by atoms with E-state index in [9.17, 15) is 14.0 Å². The molecule has 0 fully saturated rings. The van der Waals surface area contributed by atoms with E-state index >= 15 is 0 Å². The van der Waals surface area contributed by atoms with Crippen molar-refractivity contribution in [1.82, 2.24) is 0 Å². The monoisotopic (exact) mass is 289 g/mol. The minimum atomic E-state index is -0.449. The molecule has 0 saturated carbocycles. The van der Waals surface area contributed by atoms with E-state index in [1.54, 1.807) is 24.3 Å². The third kappa shape index (κ3) is 1.61. The van der Waals surface area contributed by atoms with Crippen LogP contribution in [0.15, 0.2) is 54.6 Å². The lowest BCUT2D eigenvalue weighted by atomic mass is 9.94. The molecule has 0 aliphatic heterocycles. The summed E-state index contributed by atoms with van der Waals surface area (Å²) in [5.74, 6) is -0.840. The fraction of sp³-hybridized carbons (Fsp3) is 0. The first-order chi connectivity index (χ1) is 10.7. The largest absolute Gasteiger partial charge is 0.206 e. The van der Waals surface area contributed by atoms with Crippen LogP contribution in [-0.2, 0) is 0 Å². The van der Waals surface area contributed by atoms with Crippen molar-refractivity contribution in [3.05, 3.63) is 71.8 Å². The van der Waals surface area contributed by atoms with Gasteiger partial charge in [-0.3, -0.25) is 0 Å². The van der Waals surface area contributed by atoms with Crippen LogP contribution < -0.4 is 0 Å². The Morgan fingerprint density at radius 1 is 0.682 bits per heavy atom. The van der Waals surface area contributed by atoms with Crippen LogP contribution in [0.4, 0.5) is 8.78 Å². The molecule has 0 aliphatic carbocycles. The van der Waals surface area contributed by atoms with Crippen molar-refractivity contribution < 1.29 is 8.78 Å². The Balaban J connectivity index is 2.41. The van der Waals surface area contributed by atoms with Gasteiger partial charge in [-0.25, -0.2) is 8.78 Å². The highest BCUT2D eigenvalue weighted by Gasteiger charge is 2.14. The number of rotatable bonds is 0. The molecule has 0 atom stereocenters. The molecule has 1 nitrogen and oxygen atoms in total. The molecule has 3 heteroatoms. The molecule has 0 bridgehead atoms. The van der Waals surface area contributed by atoms with Gasteiger partial charge >= 0.3 is 0 Å². The Labute approximate surface area is 125 Å². The summed E-state index contributed by atoms with van der Waals surface area (Å²) in [5.41, 5.74) is 0.381. The van der Waals surface area contributed by atoms with Gasteiger partial charge in [-0.2, -0.15) is 5.26 Å². The van der Waals surface area contributed by atoms with Gasteiger partial charge in [0.1, 0.15) is 11.6 Å². The first-order valence-corrected chi connectivity index (χ1v) is 6.83. The minimum Gasteiger partial charge on any atom is -0.206 e. The van der Waals surface area contributed by atoms with Crippen molar-refractivity contribution in [2.24, 2.45) is 0 Å². The predicted octanol–water partition coefficient (Wildman–Crippen LogP) is 5.30. The Bertz CT molecular complexity index is 1110. The summed E-state index contributed by atoms with van der Waals surface area (Å²) in [6.07, 6.45) is 0. The predicted molar refractivity (Wildman–Crippen MR) is 83.6 cm³/mol. The molecular weight excluding hydrogens is 280 g/mol. The molecule has 4 rings (SSSR count). The highest BCUT2D eigenvalue weighted by atomic mass is 19.1. The molecule has 0 aromatic heterocycles. The molecule has 0 radical (unpaired) electrons. The molecule has 0 heterocycles. The van der Waals surface area contributed by atoms with Crippen molar-refractivity contribution in [3.63, 3.8) is 0 Å². The molecule has 4 aromatic rings. The molecule has 22 heavy (non-hydrogen) atoms. The fourth-order valence-electron chi connectivity index (χ4n) is 3.05. The van der Waals surface area contributed by atoms with E-state index in [1.165, 1.54) is 18.2 Å². The van der Waals surface area contributed by atoms with E-state index in [2.05, 4.69) is 6.07 Å². The minimum absolute atomic E-state index is 0.298. The summed E-state index contributed by atoms with van der Waals surface area (Å²) in [7, 11) is 0. The summed E-state index contributed by atoms with van der Waals surface area (Å²) in [6, 6.07) is 16.7. The fourth-order valence-corrected chi connectivity index (χ4v) is 3.05. The first kappa shape index (κ1) is 12.7. The lowest BCUT2D eigenvalue weighted by Gasteiger charge is -2.10. The van der Waals surface area contributed by atoms with Crippen molar-refractivity contribution in [1.29, 1.82) is 5.26 Å². The number of fused-ring (bicyclic) bond motifs is 5. The van der Waals surface area contributed by atoms with Crippen LogP contribution in [0.2, 0.25) is 0 Å². The van der Waals surface area contributed by atoms with Gasteiger partial charge in [0.25, 0.3) is 0 Å². The number of hydrogen-bond donors (Lipinski definition) is 0. The van der Waals surface area contributed by atoms with E-state index in [0.29, 0.717) is 32.5 Å². The zero-order valence-electron chi connectivity index (χ0n) is 11.4. The number of benzene rings is 4. The topological polar surface area (TPSA) is 23.8 Å². The molecule has 0 saturated heterocycles. The van der Waals surface area contributed by atoms with Gasteiger partial charge < -0.3 is 0 Å². The van der Waals surface area contributed by atoms with Gasteiger partial charge in [0.2, 0.25) is 0 Å². The Hall–Kier alpha value is -2.99. The average molecular weight is 289 g/mol. The van der Waals surface area contributed by atoms with E-state index in [-0.39, 0.29) is 0 Å². The normalized spacial score (nSPS) is 11.1. The van der Waals surface area contributed by atoms with Crippen molar-refractivity contribution >= 4 is 32.3 Å². The van der Waals surface area contributed by atoms with E-state index in [0.717, 1.165) is 5.39 Å². The molecule has 0 amide bonds. The van der Waals surface area contributed by atoms with Gasteiger partial charge in [-0.15, -0.1) is 0 Å². The number of nitrogens with zero attached hydrogens (tertiary/aromatic N) is 1. The highest BCUT2D eigenvalue weighted by molar-refractivity contribution is 6.21. The van der Waals surface area contributed by atoms with Crippen LogP contribution in [0.3, 0.4) is 0 Å². The lowest BCUT2D eigenvalue weighted by Crippen LogP contribution is -1.89. The summed E-state index contributed by atoms with van der Waals surface area (Å²) in [5, 5.41) is 12.4. The highest BCUT2D eigenvalue weighted by Crippen LogP contribution is 2.35. The maximum Gasteiger partial charge on any atom is 0.131 e. The molecule has 104 valence electrons. The maximum absolute atomic E-state index is 14.5. The zero-order valence-corrected chi connectivity index (χ0v) is 11.4. The van der Waals surface area contributed by atoms with Gasteiger partial charge in [-0.1, -0.05) is 36.4 Å². The Kier molecular flexibility index (Phi) is 2.61. The van der Waals surface area contributed by atoms with Gasteiger partial charge in [0, 0.05) is 21.5 Å². The molecule has 0 spiro atoms. The van der Waals surface area contributed by atoms with Crippen LogP contribution in [0, 0.1) is 23.0 Å². The second-order valence-electron chi connectivity index (χ2n) is 5.20. The van der Waals surface area contributed by atoms with Crippen LogP contribution >= 0.6 is 0 Å². The summed E-state index contributed by atoms with van der Waals surface area (Å²) in [6.45, 7) is 0. The number of nitriles is 1. The van der Waals surface area contributed by atoms with Crippen LogP contribution in [-0.4, -0.2) is 0 Å². The first-order valence-electron chi connectivity index (χ1n) is 6.83. The zero-order chi connectivity index (χ0) is 15.3. The molecular formula is C19H9F2N. The van der Waals surface area contributed by atoms with E-state index in [1.807, 2.05) is 12.1 Å². The van der Waals surface area contributed by atoms with Gasteiger partial charge in [0.05, 0.1) is 11.6 Å². The lowest BCUT2D eigenvalue weighted by molar-refractivity contribution is 0.639. The Morgan fingerprint density at radius 2 is 1.36 bits per heavy atom. The average Bonchev–Trinajstić information content (AvgIpc) is 2.54. The second kappa shape index (κ2) is 4.51. The van der Waals surface area contributed by atoms with Gasteiger partial charge in [0.15, 0.2) is 0 Å². The third-order valence-electron chi connectivity index (χ3n) is 4.02. The van der Waals surface area contributed by atoms with Crippen LogP contribution in [0.5, 0.6) is 0 Å². The number of hydrogen-bond acceptors (Lipinski definition) is 1. The van der Waals surface area contributed by atoms with Crippen molar-refractivity contribution in [3.8, 4) is 6.07 Å². The van der Waals surface area contributed by atoms with Gasteiger partial charge in [-0.05, 0) is 29.0 Å². The summed E-state index contributed by atoms with van der Waals surface area (Å²) in [4.78, 5) is 0. The van der Waals surface area contributed by atoms with E-state index < -0.39 is 11.6 Å². The maximum atomic E-state index is 14.5.